The van der Waals surface area contributed by atoms with E-state index in [2.05, 4.69) is 15.0 Å². The summed E-state index contributed by atoms with van der Waals surface area (Å²) in [6.45, 7) is 3.27. The first-order valence-electron chi connectivity index (χ1n) is 6.87. The normalized spacial score (nSPS) is 21.1. The maximum Gasteiger partial charge on any atom is 0.241 e. The second-order valence-electron chi connectivity index (χ2n) is 5.14. The van der Waals surface area contributed by atoms with Crippen LogP contribution in [0.25, 0.3) is 11.4 Å². The quantitative estimate of drug-likeness (QED) is 0.833. The maximum absolute atomic E-state index is 11.6. The van der Waals surface area contributed by atoms with Gasteiger partial charge in [-0.2, -0.15) is 16.3 Å². The fourth-order valence-corrected chi connectivity index (χ4v) is 4.96. The van der Waals surface area contributed by atoms with Crippen molar-refractivity contribution in [3.63, 3.8) is 0 Å². The van der Waals surface area contributed by atoms with Crippen molar-refractivity contribution in [3.05, 3.63) is 22.7 Å². The zero-order valence-corrected chi connectivity index (χ0v) is 13.4. The lowest BCUT2D eigenvalue weighted by Gasteiger charge is -2.24. The summed E-state index contributed by atoms with van der Waals surface area (Å²) in [6.07, 6.45) is 0.682. The van der Waals surface area contributed by atoms with Crippen molar-refractivity contribution in [3.8, 4) is 11.4 Å². The van der Waals surface area contributed by atoms with Crippen LogP contribution in [0.2, 0.25) is 0 Å². The minimum atomic E-state index is -2.88. The lowest BCUT2D eigenvalue weighted by Crippen LogP contribution is -2.35. The van der Waals surface area contributed by atoms with E-state index in [9.17, 15) is 8.42 Å². The molecule has 2 aromatic rings. The molecule has 8 heteroatoms. The molecule has 3 rings (SSSR count). The number of sulfone groups is 1. The third-order valence-corrected chi connectivity index (χ3v) is 6.15. The van der Waals surface area contributed by atoms with Crippen LogP contribution in [0.15, 0.2) is 21.3 Å². The smallest absolute Gasteiger partial charge is 0.241 e. The van der Waals surface area contributed by atoms with Gasteiger partial charge >= 0.3 is 0 Å². The number of hydrogen-bond donors (Lipinski definition) is 0. The summed E-state index contributed by atoms with van der Waals surface area (Å²) in [7, 11) is -2.88. The van der Waals surface area contributed by atoms with Crippen LogP contribution in [0, 0.1) is 0 Å². The molecule has 0 N–H and O–H groups in total. The summed E-state index contributed by atoms with van der Waals surface area (Å²) < 4.78 is 28.5. The molecule has 1 atom stereocenters. The summed E-state index contributed by atoms with van der Waals surface area (Å²) >= 11 is 1.58. The van der Waals surface area contributed by atoms with Crippen molar-refractivity contribution < 1.29 is 12.9 Å². The van der Waals surface area contributed by atoms with Gasteiger partial charge in [0.15, 0.2) is 9.84 Å². The third-order valence-electron chi connectivity index (χ3n) is 3.72. The molecule has 3 heterocycles. The van der Waals surface area contributed by atoms with E-state index >= 15 is 0 Å². The molecule has 6 nitrogen and oxygen atoms in total. The van der Waals surface area contributed by atoms with E-state index in [-0.39, 0.29) is 17.5 Å². The number of hydrogen-bond acceptors (Lipinski definition) is 7. The van der Waals surface area contributed by atoms with Gasteiger partial charge in [-0.15, -0.1) is 0 Å². The molecule has 1 aliphatic rings. The number of nitrogens with zero attached hydrogens (tertiary/aromatic N) is 3. The number of rotatable bonds is 5. The Kier molecular flexibility index (Phi) is 4.10. The van der Waals surface area contributed by atoms with Gasteiger partial charge in [0.25, 0.3) is 0 Å². The van der Waals surface area contributed by atoms with Crippen molar-refractivity contribution >= 4 is 21.2 Å². The Morgan fingerprint density at radius 3 is 3.00 bits per heavy atom. The van der Waals surface area contributed by atoms with Crippen molar-refractivity contribution in [1.29, 1.82) is 0 Å². The van der Waals surface area contributed by atoms with E-state index in [1.165, 1.54) is 0 Å². The van der Waals surface area contributed by atoms with Gasteiger partial charge in [0.2, 0.25) is 11.7 Å². The molecule has 0 aromatic carbocycles. The Morgan fingerprint density at radius 2 is 2.38 bits per heavy atom. The highest BCUT2D eigenvalue weighted by molar-refractivity contribution is 7.91. The molecular weight excluding hydrogens is 310 g/mol. The number of thiophene rings is 1. The number of aromatic nitrogens is 2. The molecular formula is C13H17N3O3S2. The van der Waals surface area contributed by atoms with E-state index in [0.717, 1.165) is 12.1 Å². The van der Waals surface area contributed by atoms with Gasteiger partial charge < -0.3 is 4.52 Å². The fraction of sp³-hybridized carbons (Fsp3) is 0.538. The molecule has 0 saturated carbocycles. The minimum Gasteiger partial charge on any atom is -0.338 e. The molecule has 1 aliphatic heterocycles. The van der Waals surface area contributed by atoms with Crippen molar-refractivity contribution in [1.82, 2.24) is 15.0 Å². The standard InChI is InChI=1S/C13H17N3O3S2/c1-2-16(11-4-6-21(17,18)9-11)7-12-14-13(15-19-12)10-3-5-20-8-10/h3,5,8,11H,2,4,6-7,9H2,1H3. The summed E-state index contributed by atoms with van der Waals surface area (Å²) in [5, 5.41) is 7.91. The van der Waals surface area contributed by atoms with E-state index in [0.29, 0.717) is 24.7 Å². The van der Waals surface area contributed by atoms with Gasteiger partial charge in [-0.05, 0) is 24.4 Å². The predicted octanol–water partition coefficient (Wildman–Crippen LogP) is 1.81. The van der Waals surface area contributed by atoms with E-state index in [1.54, 1.807) is 11.3 Å². The molecule has 0 spiro atoms. The van der Waals surface area contributed by atoms with E-state index < -0.39 is 9.84 Å². The monoisotopic (exact) mass is 327 g/mol. The molecule has 2 aromatic heterocycles. The van der Waals surface area contributed by atoms with Crippen LogP contribution in [-0.2, 0) is 16.4 Å². The first-order valence-corrected chi connectivity index (χ1v) is 9.63. The van der Waals surface area contributed by atoms with E-state index in [1.807, 2.05) is 23.8 Å². The van der Waals surface area contributed by atoms with Gasteiger partial charge in [-0.25, -0.2) is 8.42 Å². The van der Waals surface area contributed by atoms with Crippen molar-refractivity contribution in [2.45, 2.75) is 25.9 Å². The molecule has 0 aliphatic carbocycles. The fourth-order valence-electron chi connectivity index (χ4n) is 2.56. The SMILES string of the molecule is CCN(Cc1nc(-c2ccsc2)no1)C1CCS(=O)(=O)C1. The highest BCUT2D eigenvalue weighted by Crippen LogP contribution is 2.22. The van der Waals surface area contributed by atoms with Crippen molar-refractivity contribution in [2.24, 2.45) is 0 Å². The first-order chi connectivity index (χ1) is 10.1. The molecule has 0 radical (unpaired) electrons. The van der Waals surface area contributed by atoms with Crippen LogP contribution in [0.4, 0.5) is 0 Å². The minimum absolute atomic E-state index is 0.0523. The molecule has 1 saturated heterocycles. The first kappa shape index (κ1) is 14.7. The van der Waals surface area contributed by atoms with Crippen LogP contribution >= 0.6 is 11.3 Å². The Bertz CT molecular complexity index is 694. The average Bonchev–Trinajstić information content (AvgIpc) is 3.15. The molecule has 1 unspecified atom stereocenters. The summed E-state index contributed by atoms with van der Waals surface area (Å²) in [5.74, 6) is 1.62. The molecule has 0 bridgehead atoms. The molecule has 114 valence electrons. The lowest BCUT2D eigenvalue weighted by atomic mass is 10.2. The van der Waals surface area contributed by atoms with Crippen LogP contribution in [0.5, 0.6) is 0 Å². The molecule has 0 amide bonds. The van der Waals surface area contributed by atoms with Gasteiger partial charge in [0.05, 0.1) is 18.1 Å². The second kappa shape index (κ2) is 5.86. The van der Waals surface area contributed by atoms with Gasteiger partial charge in [-0.3, -0.25) is 4.90 Å². The largest absolute Gasteiger partial charge is 0.338 e. The maximum atomic E-state index is 11.6. The Labute approximate surface area is 127 Å². The van der Waals surface area contributed by atoms with Crippen LogP contribution in [-0.4, -0.2) is 47.6 Å². The van der Waals surface area contributed by atoms with Crippen LogP contribution in [0.3, 0.4) is 0 Å². The van der Waals surface area contributed by atoms with Gasteiger partial charge in [0.1, 0.15) is 0 Å². The van der Waals surface area contributed by atoms with Gasteiger partial charge in [-0.1, -0.05) is 12.1 Å². The third kappa shape index (κ3) is 3.33. The highest BCUT2D eigenvalue weighted by atomic mass is 32.2. The zero-order valence-electron chi connectivity index (χ0n) is 11.7. The average molecular weight is 327 g/mol. The summed E-state index contributed by atoms with van der Waals surface area (Å²) in [4.78, 5) is 6.48. The molecule has 1 fully saturated rings. The highest BCUT2D eigenvalue weighted by Gasteiger charge is 2.32. The van der Waals surface area contributed by atoms with Crippen LogP contribution < -0.4 is 0 Å². The lowest BCUT2D eigenvalue weighted by molar-refractivity contribution is 0.186. The Balaban J connectivity index is 1.70. The molecule has 21 heavy (non-hydrogen) atoms. The van der Waals surface area contributed by atoms with Crippen LogP contribution in [0.1, 0.15) is 19.2 Å². The zero-order chi connectivity index (χ0) is 14.9. The summed E-state index contributed by atoms with van der Waals surface area (Å²) in [5.41, 5.74) is 0.946. The Hall–Kier alpha value is -1.25. The predicted molar refractivity (Wildman–Crippen MR) is 80.8 cm³/mol. The van der Waals surface area contributed by atoms with E-state index in [4.69, 9.17) is 4.52 Å². The van der Waals surface area contributed by atoms with Gasteiger partial charge in [0, 0.05) is 17.0 Å². The topological polar surface area (TPSA) is 76.3 Å². The van der Waals surface area contributed by atoms with Crippen molar-refractivity contribution in [2.75, 3.05) is 18.1 Å². The Morgan fingerprint density at radius 1 is 1.52 bits per heavy atom. The summed E-state index contributed by atoms with van der Waals surface area (Å²) in [6, 6.07) is 2.00. The second-order valence-corrected chi connectivity index (χ2v) is 8.15.